The summed E-state index contributed by atoms with van der Waals surface area (Å²) in [5.41, 5.74) is 5.51. The van der Waals surface area contributed by atoms with Gasteiger partial charge in [0.2, 0.25) is 5.91 Å². The first kappa shape index (κ1) is 14.8. The number of nitrogens with zero attached hydrogens (tertiary/aromatic N) is 2. The minimum absolute atomic E-state index is 0.344. The Morgan fingerprint density at radius 2 is 1.95 bits per heavy atom. The molecule has 0 bridgehead atoms. The Bertz CT molecular complexity index is 295. The molecule has 2 fully saturated rings. The summed E-state index contributed by atoms with van der Waals surface area (Å²) in [4.78, 5) is 16.8. The van der Waals surface area contributed by atoms with Crippen molar-refractivity contribution >= 4 is 5.91 Å². The molecule has 0 radical (unpaired) electrons. The van der Waals surface area contributed by atoms with Crippen LogP contribution in [0.15, 0.2) is 0 Å². The van der Waals surface area contributed by atoms with E-state index in [4.69, 9.17) is 5.73 Å². The van der Waals surface area contributed by atoms with Gasteiger partial charge in [-0.25, -0.2) is 0 Å². The van der Waals surface area contributed by atoms with Gasteiger partial charge >= 0.3 is 0 Å². The fourth-order valence-electron chi connectivity index (χ4n) is 2.97. The normalized spacial score (nSPS) is 28.2. The van der Waals surface area contributed by atoms with E-state index in [1.54, 1.807) is 0 Å². The van der Waals surface area contributed by atoms with Gasteiger partial charge in [0.25, 0.3) is 0 Å². The molecule has 4 nitrogen and oxygen atoms in total. The van der Waals surface area contributed by atoms with Crippen LogP contribution in [-0.4, -0.2) is 55.0 Å². The first-order valence-corrected chi connectivity index (χ1v) is 7.93. The number of unbranched alkanes of at least 4 members (excludes halogenated alkanes) is 2. The molecule has 2 rings (SSSR count). The highest BCUT2D eigenvalue weighted by Gasteiger charge is 2.41. The summed E-state index contributed by atoms with van der Waals surface area (Å²) in [6.45, 7) is 8.25. The van der Waals surface area contributed by atoms with Gasteiger partial charge in [0.05, 0.1) is 0 Å². The molecule has 1 amide bonds. The molecule has 0 aromatic rings. The van der Waals surface area contributed by atoms with Crippen molar-refractivity contribution < 1.29 is 4.79 Å². The third-order valence-corrected chi connectivity index (χ3v) is 4.51. The molecular weight excluding hydrogens is 238 g/mol. The molecule has 2 atom stereocenters. The van der Waals surface area contributed by atoms with Crippen LogP contribution in [0.4, 0.5) is 0 Å². The highest BCUT2D eigenvalue weighted by Crippen LogP contribution is 2.39. The molecule has 1 aliphatic carbocycles. The van der Waals surface area contributed by atoms with Crippen LogP contribution in [0.1, 0.15) is 39.0 Å². The number of rotatable bonds is 6. The molecule has 0 aromatic carbocycles. The van der Waals surface area contributed by atoms with Crippen LogP contribution >= 0.6 is 0 Å². The van der Waals surface area contributed by atoms with Crippen molar-refractivity contribution in [1.29, 1.82) is 0 Å². The van der Waals surface area contributed by atoms with E-state index in [0.29, 0.717) is 17.7 Å². The van der Waals surface area contributed by atoms with E-state index in [9.17, 15) is 4.79 Å². The second-order valence-electron chi connectivity index (χ2n) is 6.19. The van der Waals surface area contributed by atoms with Crippen LogP contribution in [0.3, 0.4) is 0 Å². The lowest BCUT2D eigenvalue weighted by atomic mass is 10.2. The minimum Gasteiger partial charge on any atom is -0.341 e. The summed E-state index contributed by atoms with van der Waals surface area (Å²) >= 11 is 0. The molecule has 2 aliphatic rings. The van der Waals surface area contributed by atoms with E-state index in [1.807, 2.05) is 0 Å². The Labute approximate surface area is 117 Å². The lowest BCUT2D eigenvalue weighted by molar-refractivity contribution is -0.132. The van der Waals surface area contributed by atoms with E-state index in [1.165, 1.54) is 19.4 Å². The predicted molar refractivity (Wildman–Crippen MR) is 77.8 cm³/mol. The van der Waals surface area contributed by atoms with Gasteiger partial charge < -0.3 is 15.5 Å². The highest BCUT2D eigenvalue weighted by molar-refractivity contribution is 5.81. The number of carbonyl (C=O) groups excluding carboxylic acids is 1. The zero-order valence-corrected chi connectivity index (χ0v) is 12.3. The van der Waals surface area contributed by atoms with Crippen LogP contribution < -0.4 is 5.73 Å². The molecular formula is C15H29N3O. The molecule has 1 aliphatic heterocycles. The molecule has 19 heavy (non-hydrogen) atoms. The zero-order valence-electron chi connectivity index (χ0n) is 12.3. The Hall–Kier alpha value is -0.610. The number of carbonyl (C=O) groups is 1. The number of nitrogens with two attached hydrogens (primary N) is 1. The average Bonchev–Trinajstić information content (AvgIpc) is 3.17. The van der Waals surface area contributed by atoms with Crippen molar-refractivity contribution in [2.24, 2.45) is 17.6 Å². The van der Waals surface area contributed by atoms with Gasteiger partial charge in [0.15, 0.2) is 0 Å². The van der Waals surface area contributed by atoms with Crippen LogP contribution in [0, 0.1) is 11.8 Å². The van der Waals surface area contributed by atoms with Gasteiger partial charge in [-0.15, -0.1) is 0 Å². The Morgan fingerprint density at radius 3 is 2.63 bits per heavy atom. The molecule has 4 heteroatoms. The van der Waals surface area contributed by atoms with E-state index >= 15 is 0 Å². The average molecular weight is 267 g/mol. The summed E-state index contributed by atoms with van der Waals surface area (Å²) < 4.78 is 0. The van der Waals surface area contributed by atoms with Gasteiger partial charge in [-0.3, -0.25) is 4.79 Å². The molecule has 1 heterocycles. The first-order chi connectivity index (χ1) is 9.22. The van der Waals surface area contributed by atoms with Crippen molar-refractivity contribution in [2.75, 3.05) is 39.3 Å². The van der Waals surface area contributed by atoms with E-state index in [2.05, 4.69) is 16.7 Å². The summed E-state index contributed by atoms with van der Waals surface area (Å²) in [7, 11) is 0. The van der Waals surface area contributed by atoms with Gasteiger partial charge in [-0.1, -0.05) is 13.3 Å². The lowest BCUT2D eigenvalue weighted by Gasteiger charge is -2.22. The third kappa shape index (κ3) is 4.46. The maximum absolute atomic E-state index is 12.2. The van der Waals surface area contributed by atoms with Gasteiger partial charge in [-0.2, -0.15) is 0 Å². The predicted octanol–water partition coefficient (Wildman–Crippen LogP) is 1.31. The molecule has 0 spiro atoms. The van der Waals surface area contributed by atoms with Crippen molar-refractivity contribution in [1.82, 2.24) is 9.80 Å². The Kier molecular flexibility index (Phi) is 5.64. The maximum atomic E-state index is 12.2. The summed E-state index contributed by atoms with van der Waals surface area (Å²) in [5.74, 6) is 1.39. The molecule has 1 saturated carbocycles. The molecule has 1 saturated heterocycles. The number of hydrogen-bond acceptors (Lipinski definition) is 3. The van der Waals surface area contributed by atoms with Crippen molar-refractivity contribution in [3.63, 3.8) is 0 Å². The second kappa shape index (κ2) is 7.25. The monoisotopic (exact) mass is 267 g/mol. The fourth-order valence-corrected chi connectivity index (χ4v) is 2.97. The lowest BCUT2D eigenvalue weighted by Crippen LogP contribution is -2.36. The van der Waals surface area contributed by atoms with E-state index < -0.39 is 0 Å². The summed E-state index contributed by atoms with van der Waals surface area (Å²) in [5, 5.41) is 0. The Morgan fingerprint density at radius 1 is 1.16 bits per heavy atom. The molecule has 0 aromatic heterocycles. The number of amides is 1. The fraction of sp³-hybridized carbons (Fsp3) is 0.933. The van der Waals surface area contributed by atoms with Crippen LogP contribution in [0.2, 0.25) is 0 Å². The standard InChI is InChI=1S/C15H29N3O/c1-13-12-14(13)15(19)18-9-5-8-17(10-11-18)7-4-2-3-6-16/h13-14H,2-12,16H2,1H3. The third-order valence-electron chi connectivity index (χ3n) is 4.51. The van der Waals surface area contributed by atoms with Crippen molar-refractivity contribution in [3.8, 4) is 0 Å². The zero-order chi connectivity index (χ0) is 13.7. The van der Waals surface area contributed by atoms with Crippen molar-refractivity contribution in [3.05, 3.63) is 0 Å². The second-order valence-corrected chi connectivity index (χ2v) is 6.19. The minimum atomic E-state index is 0.344. The van der Waals surface area contributed by atoms with Crippen LogP contribution in [0.25, 0.3) is 0 Å². The van der Waals surface area contributed by atoms with Crippen LogP contribution in [-0.2, 0) is 4.79 Å². The summed E-state index contributed by atoms with van der Waals surface area (Å²) in [6, 6.07) is 0. The van der Waals surface area contributed by atoms with Gasteiger partial charge in [-0.05, 0) is 51.2 Å². The maximum Gasteiger partial charge on any atom is 0.226 e. The Balaban J connectivity index is 1.67. The van der Waals surface area contributed by atoms with E-state index in [-0.39, 0.29) is 0 Å². The van der Waals surface area contributed by atoms with Gasteiger partial charge in [0.1, 0.15) is 0 Å². The quantitative estimate of drug-likeness (QED) is 0.738. The molecule has 2 unspecified atom stereocenters. The smallest absolute Gasteiger partial charge is 0.226 e. The number of hydrogen-bond donors (Lipinski definition) is 1. The largest absolute Gasteiger partial charge is 0.341 e. The van der Waals surface area contributed by atoms with Crippen molar-refractivity contribution in [2.45, 2.75) is 39.0 Å². The molecule has 2 N–H and O–H groups in total. The molecule has 110 valence electrons. The summed E-state index contributed by atoms with van der Waals surface area (Å²) in [6.07, 6.45) is 5.85. The SMILES string of the molecule is CC1CC1C(=O)N1CCCN(CCCCCN)CC1. The van der Waals surface area contributed by atoms with Crippen LogP contribution in [0.5, 0.6) is 0 Å². The topological polar surface area (TPSA) is 49.6 Å². The van der Waals surface area contributed by atoms with Gasteiger partial charge in [0, 0.05) is 25.6 Å². The highest BCUT2D eigenvalue weighted by atomic mass is 16.2. The first-order valence-electron chi connectivity index (χ1n) is 7.93. The van der Waals surface area contributed by atoms with E-state index in [0.717, 1.165) is 52.0 Å².